The van der Waals surface area contributed by atoms with Crippen LogP contribution in [0, 0.1) is 0 Å². The van der Waals surface area contributed by atoms with Crippen molar-refractivity contribution in [2.75, 3.05) is 32.7 Å². The molecule has 0 radical (unpaired) electrons. The van der Waals surface area contributed by atoms with E-state index >= 15 is 0 Å². The quantitative estimate of drug-likeness (QED) is 0.0180. The van der Waals surface area contributed by atoms with Gasteiger partial charge < -0.3 is 86.9 Å². The van der Waals surface area contributed by atoms with Crippen LogP contribution < -0.4 is 76.9 Å². The van der Waals surface area contributed by atoms with E-state index in [2.05, 4.69) is 47.5 Å². The second-order valence-corrected chi connectivity index (χ2v) is 19.4. The molecule has 0 spiro atoms. The van der Waals surface area contributed by atoms with Gasteiger partial charge in [0.1, 0.15) is 48.0 Å². The van der Waals surface area contributed by atoms with Crippen LogP contribution in [0.2, 0.25) is 0 Å². The number of phenols is 1. The van der Waals surface area contributed by atoms with Gasteiger partial charge in [0.25, 0.3) is 0 Å². The highest BCUT2D eigenvalue weighted by molar-refractivity contribution is 5.99. The monoisotopic (exact) mass is 1100 g/mol. The number of nitrogens with two attached hydrogens (primary N) is 6. The lowest BCUT2D eigenvalue weighted by Crippen LogP contribution is -2.61. The molecule has 8 atom stereocenters. The number of nitrogens with one attached hydrogen (secondary N) is 8. The molecule has 11 amide bonds. The highest BCUT2D eigenvalue weighted by Crippen LogP contribution is 2.21. The highest BCUT2D eigenvalue weighted by atomic mass is 16.3. The smallest absolute Gasteiger partial charge is 0.245 e. The van der Waals surface area contributed by atoms with E-state index in [9.17, 15) is 57.8 Å². The van der Waals surface area contributed by atoms with Crippen LogP contribution in [0.15, 0.2) is 59.6 Å². The summed E-state index contributed by atoms with van der Waals surface area (Å²) in [4.78, 5) is 153. The van der Waals surface area contributed by atoms with Crippen molar-refractivity contribution >= 4 is 70.9 Å². The molecular weight excluding hydrogens is 1030 g/mol. The second kappa shape index (κ2) is 32.4. The third-order valence-corrected chi connectivity index (χ3v) is 13.1. The number of benzene rings is 2. The first-order chi connectivity index (χ1) is 37.6. The fourth-order valence-electron chi connectivity index (χ4n) is 8.96. The van der Waals surface area contributed by atoms with Gasteiger partial charge in [0, 0.05) is 32.4 Å². The number of carbonyl (C=O) groups excluding carboxylic acids is 11. The average molecular weight is 1110 g/mol. The first-order valence-electron chi connectivity index (χ1n) is 26.2. The summed E-state index contributed by atoms with van der Waals surface area (Å²) >= 11 is 0. The van der Waals surface area contributed by atoms with Gasteiger partial charge in [-0.1, -0.05) is 42.5 Å². The second-order valence-electron chi connectivity index (χ2n) is 19.4. The molecule has 21 N–H and O–H groups in total. The number of unbranched alkanes of at least 4 members (excludes halogenated alkanes) is 1. The Morgan fingerprint density at radius 1 is 0.595 bits per heavy atom. The van der Waals surface area contributed by atoms with Crippen LogP contribution in [0.1, 0.15) is 88.2 Å². The van der Waals surface area contributed by atoms with Crippen LogP contribution in [0.3, 0.4) is 0 Å². The highest BCUT2D eigenvalue weighted by Gasteiger charge is 2.40. The number of hydrogen-bond acceptors (Lipinski definition) is 15. The van der Waals surface area contributed by atoms with E-state index in [0.717, 1.165) is 6.42 Å². The molecule has 28 heteroatoms. The summed E-state index contributed by atoms with van der Waals surface area (Å²) in [6.45, 7) is 0.469. The number of carbonyl (C=O) groups is 11. The topological polar surface area (TPSA) is 476 Å². The molecule has 79 heavy (non-hydrogen) atoms. The van der Waals surface area contributed by atoms with Crippen molar-refractivity contribution < 1.29 is 57.8 Å². The van der Waals surface area contributed by atoms with Gasteiger partial charge in [-0.3, -0.25) is 57.7 Å². The predicted octanol–water partition coefficient (Wildman–Crippen LogP) is -5.25. The molecule has 2 aliphatic heterocycles. The standard InChI is InChI=1S/C51H76N16O12/c52-21-5-4-11-35(50(79)67-24-8-14-39(67)49(78)62-33(13-7-23-59-51(56)57)43(72)60-28-42(55)71)63-48(77)38(27-41(54)70)66-45(74)34(19-20-40(53)69)61-46(75)36(25-29-9-2-1-3-10-29)65-47(76)37(26-30-15-17-31(68)18-16-30)64-44(73)32-12-6-22-58-32/h1-3,9-10,15-18,32-39,58,68H,4-8,11-14,19-28,52H2,(H2,53,69)(H2,54,70)(H2,55,71)(H,60,72)(H,61,75)(H,62,78)(H,63,77)(H,64,73)(H,65,76)(H,66,74)(H4,56,57,59)/t32-,33-,34-,35-,36-,37-,38-,39-/m0/s1. The van der Waals surface area contributed by atoms with Crippen LogP contribution >= 0.6 is 0 Å². The van der Waals surface area contributed by atoms with E-state index in [1.165, 1.54) is 17.0 Å². The number of aliphatic imine (C=N–C) groups is 1. The van der Waals surface area contributed by atoms with Crippen LogP contribution in [0.5, 0.6) is 5.75 Å². The lowest BCUT2D eigenvalue weighted by atomic mass is 10.0. The van der Waals surface area contributed by atoms with Gasteiger partial charge in [0.2, 0.25) is 65.0 Å². The van der Waals surface area contributed by atoms with Gasteiger partial charge >= 0.3 is 0 Å². The SMILES string of the molecule is NCCCC[C@H](NC(=O)[C@H](CC(N)=O)NC(=O)[C@H](CCC(N)=O)NC(=O)[C@H](Cc1ccccc1)NC(=O)[C@H](Cc1ccc(O)cc1)NC(=O)[C@@H]1CCCN1)C(=O)N1CCC[C@H]1C(=O)N[C@@H](CCCN=C(N)N)C(=O)NCC(N)=O. The number of primary amides is 3. The lowest BCUT2D eigenvalue weighted by Gasteiger charge is -2.31. The summed E-state index contributed by atoms with van der Waals surface area (Å²) < 4.78 is 0. The molecule has 28 nitrogen and oxygen atoms in total. The Balaban J connectivity index is 1.57. The van der Waals surface area contributed by atoms with Crippen LogP contribution in [-0.4, -0.2) is 162 Å². The summed E-state index contributed by atoms with van der Waals surface area (Å²) in [5, 5.41) is 31.0. The van der Waals surface area contributed by atoms with Crippen LogP contribution in [0.25, 0.3) is 0 Å². The number of hydrogen-bond donors (Lipinski definition) is 15. The number of amides is 11. The van der Waals surface area contributed by atoms with Gasteiger partial charge in [-0.15, -0.1) is 0 Å². The minimum Gasteiger partial charge on any atom is -0.508 e. The zero-order valence-electron chi connectivity index (χ0n) is 44.0. The van der Waals surface area contributed by atoms with E-state index in [4.69, 9.17) is 34.4 Å². The molecule has 0 unspecified atom stereocenters. The number of likely N-dealkylation sites (tertiary alicyclic amines) is 1. The fraction of sp³-hybridized carbons (Fsp3) is 0.529. The predicted molar refractivity (Wildman–Crippen MR) is 287 cm³/mol. The fourth-order valence-corrected chi connectivity index (χ4v) is 8.96. The zero-order valence-corrected chi connectivity index (χ0v) is 44.0. The normalized spacial score (nSPS) is 17.0. The first-order valence-corrected chi connectivity index (χ1v) is 26.2. The molecule has 2 heterocycles. The Hall–Kier alpha value is -8.40. The summed E-state index contributed by atoms with van der Waals surface area (Å²) in [6, 6.07) is 4.17. The van der Waals surface area contributed by atoms with Gasteiger partial charge in [-0.25, -0.2) is 0 Å². The van der Waals surface area contributed by atoms with E-state index in [-0.39, 0.29) is 69.9 Å². The lowest BCUT2D eigenvalue weighted by molar-refractivity contribution is -0.143. The van der Waals surface area contributed by atoms with Crippen molar-refractivity contribution in [2.45, 2.75) is 138 Å². The van der Waals surface area contributed by atoms with Crippen molar-refractivity contribution in [3.05, 3.63) is 65.7 Å². The summed E-state index contributed by atoms with van der Waals surface area (Å²) in [5.41, 5.74) is 34.0. The van der Waals surface area contributed by atoms with Gasteiger partial charge in [-0.05, 0) is 101 Å². The van der Waals surface area contributed by atoms with Crippen molar-refractivity contribution in [2.24, 2.45) is 39.4 Å². The van der Waals surface area contributed by atoms with E-state index in [1.54, 1.807) is 42.5 Å². The molecule has 4 rings (SSSR count). The Bertz CT molecular complexity index is 2470. The molecule has 0 aromatic heterocycles. The molecule has 2 aromatic carbocycles. The molecule has 0 saturated carbocycles. The molecular formula is C51H76N16O12. The Labute approximate surface area is 456 Å². The molecule has 0 aliphatic carbocycles. The number of rotatable bonds is 33. The maximum atomic E-state index is 14.4. The van der Waals surface area contributed by atoms with Gasteiger partial charge in [0.05, 0.1) is 19.0 Å². The largest absolute Gasteiger partial charge is 0.508 e. The number of nitrogens with zero attached hydrogens (tertiary/aromatic N) is 2. The maximum absolute atomic E-state index is 14.4. The maximum Gasteiger partial charge on any atom is 0.245 e. The summed E-state index contributed by atoms with van der Waals surface area (Å²) in [7, 11) is 0. The molecule has 2 fully saturated rings. The summed E-state index contributed by atoms with van der Waals surface area (Å²) in [5.74, 6) is -9.43. The third kappa shape index (κ3) is 21.9. The van der Waals surface area contributed by atoms with E-state index in [0.29, 0.717) is 43.4 Å². The van der Waals surface area contributed by atoms with E-state index < -0.39 is 139 Å². The van der Waals surface area contributed by atoms with Gasteiger partial charge in [-0.2, -0.15) is 0 Å². The number of guanidine groups is 1. The van der Waals surface area contributed by atoms with Crippen molar-refractivity contribution in [3.8, 4) is 5.75 Å². The molecule has 2 saturated heterocycles. The van der Waals surface area contributed by atoms with Crippen LogP contribution in [0.4, 0.5) is 0 Å². The van der Waals surface area contributed by atoms with E-state index in [1.807, 2.05) is 0 Å². The Kier molecular flexibility index (Phi) is 25.9. The molecule has 2 aliphatic rings. The molecule has 2 aromatic rings. The minimum absolute atomic E-state index is 0.0183. The van der Waals surface area contributed by atoms with Crippen molar-refractivity contribution in [1.82, 2.24) is 47.4 Å². The summed E-state index contributed by atoms with van der Waals surface area (Å²) in [6.07, 6.45) is 0.835. The molecule has 432 valence electrons. The minimum atomic E-state index is -1.78. The average Bonchev–Trinajstić information content (AvgIpc) is 4.16. The Morgan fingerprint density at radius 3 is 1.77 bits per heavy atom. The van der Waals surface area contributed by atoms with Crippen LogP contribution in [-0.2, 0) is 65.6 Å². The van der Waals surface area contributed by atoms with Crippen molar-refractivity contribution in [3.63, 3.8) is 0 Å². The third-order valence-electron chi connectivity index (χ3n) is 13.1. The molecule has 0 bridgehead atoms. The Morgan fingerprint density at radius 2 is 1.16 bits per heavy atom. The van der Waals surface area contributed by atoms with Gasteiger partial charge in [0.15, 0.2) is 5.96 Å². The zero-order chi connectivity index (χ0) is 58.0. The van der Waals surface area contributed by atoms with Crippen molar-refractivity contribution in [1.29, 1.82) is 0 Å². The first kappa shape index (κ1) is 63.1. The number of phenolic OH excluding ortho intramolecular Hbond substituents is 1. The number of aromatic hydroxyl groups is 1.